The van der Waals surface area contributed by atoms with Gasteiger partial charge in [-0.2, -0.15) is 0 Å². The van der Waals surface area contributed by atoms with E-state index in [4.69, 9.17) is 16.3 Å². The van der Waals surface area contributed by atoms with Gasteiger partial charge in [0.25, 0.3) is 0 Å². The first-order valence-electron chi connectivity index (χ1n) is 6.39. The lowest BCUT2D eigenvalue weighted by Gasteiger charge is -2.03. The molecule has 2 rings (SSSR count). The number of aryl methyl sites for hydroxylation is 3. The van der Waals surface area contributed by atoms with Gasteiger partial charge in [0.1, 0.15) is 5.75 Å². The van der Waals surface area contributed by atoms with Crippen LogP contribution in [-0.2, 0) is 19.4 Å². The summed E-state index contributed by atoms with van der Waals surface area (Å²) >= 11 is 5.66. The predicted molar refractivity (Wildman–Crippen MR) is 75.8 cm³/mol. The first kappa shape index (κ1) is 13.9. The third-order valence-electron chi connectivity index (χ3n) is 2.94. The molecule has 0 spiro atoms. The van der Waals surface area contributed by atoms with Gasteiger partial charge in [-0.1, -0.05) is 17.3 Å². The van der Waals surface area contributed by atoms with Crippen LogP contribution in [0, 0.1) is 0 Å². The van der Waals surface area contributed by atoms with E-state index >= 15 is 0 Å². The zero-order valence-electron chi connectivity index (χ0n) is 11.1. The molecular weight excluding hydrogens is 262 g/mol. The highest BCUT2D eigenvalue weighted by Crippen LogP contribution is 2.12. The molecule has 2 aromatic rings. The second-order valence-electron chi connectivity index (χ2n) is 4.36. The van der Waals surface area contributed by atoms with E-state index in [0.29, 0.717) is 5.88 Å². The Balaban J connectivity index is 1.85. The van der Waals surface area contributed by atoms with Gasteiger partial charge in [0.05, 0.1) is 12.8 Å². The Kier molecular flexibility index (Phi) is 5.21. The van der Waals surface area contributed by atoms with Crippen LogP contribution in [0.1, 0.15) is 17.7 Å². The van der Waals surface area contributed by atoms with E-state index in [0.717, 1.165) is 37.3 Å². The van der Waals surface area contributed by atoms with Crippen molar-refractivity contribution in [2.24, 2.45) is 0 Å². The summed E-state index contributed by atoms with van der Waals surface area (Å²) in [6.45, 7) is 0.834. The van der Waals surface area contributed by atoms with E-state index in [1.807, 2.05) is 23.0 Å². The van der Waals surface area contributed by atoms with Crippen LogP contribution in [0.3, 0.4) is 0 Å². The van der Waals surface area contributed by atoms with Gasteiger partial charge in [-0.3, -0.25) is 4.68 Å². The average molecular weight is 280 g/mol. The molecule has 1 aromatic heterocycles. The van der Waals surface area contributed by atoms with Gasteiger partial charge >= 0.3 is 0 Å². The molecule has 0 unspecified atom stereocenters. The first-order valence-corrected chi connectivity index (χ1v) is 6.93. The number of alkyl halides is 1. The fourth-order valence-electron chi connectivity index (χ4n) is 1.85. The molecule has 0 aliphatic carbocycles. The lowest BCUT2D eigenvalue weighted by Crippen LogP contribution is -2.02. The van der Waals surface area contributed by atoms with Gasteiger partial charge in [-0.15, -0.1) is 16.7 Å². The van der Waals surface area contributed by atoms with Gasteiger partial charge in [0.15, 0.2) is 0 Å². The van der Waals surface area contributed by atoms with E-state index in [9.17, 15) is 0 Å². The van der Waals surface area contributed by atoms with E-state index in [1.54, 1.807) is 7.11 Å². The summed E-state index contributed by atoms with van der Waals surface area (Å²) in [6, 6.07) is 8.10. The summed E-state index contributed by atoms with van der Waals surface area (Å²) in [6.07, 6.45) is 4.77. The molecule has 0 atom stereocenters. The van der Waals surface area contributed by atoms with Crippen molar-refractivity contribution in [3.63, 3.8) is 0 Å². The van der Waals surface area contributed by atoms with E-state index in [2.05, 4.69) is 22.4 Å². The molecule has 0 fully saturated rings. The molecule has 102 valence electrons. The summed E-state index contributed by atoms with van der Waals surface area (Å²) in [5.41, 5.74) is 2.27. The minimum absolute atomic E-state index is 0.665. The molecule has 1 aromatic carbocycles. The molecule has 0 saturated carbocycles. The fourth-order valence-corrected chi connectivity index (χ4v) is 1.98. The zero-order chi connectivity index (χ0) is 13.5. The number of aromatic nitrogens is 3. The second kappa shape index (κ2) is 7.14. The minimum atomic E-state index is 0.665. The third-order valence-corrected chi connectivity index (χ3v) is 3.21. The topological polar surface area (TPSA) is 39.9 Å². The standard InChI is InChI=1S/C14H18ClN3O/c1-19-14-6-4-12(5-7-14)8-10-18-11-13(16-17-18)3-2-9-15/h4-7,11H,2-3,8-10H2,1H3. The maximum absolute atomic E-state index is 5.66. The van der Waals surface area contributed by atoms with Crippen LogP contribution in [0.4, 0.5) is 0 Å². The van der Waals surface area contributed by atoms with Crippen molar-refractivity contribution in [2.75, 3.05) is 13.0 Å². The van der Waals surface area contributed by atoms with E-state index < -0.39 is 0 Å². The second-order valence-corrected chi connectivity index (χ2v) is 4.74. The Morgan fingerprint density at radius 3 is 2.68 bits per heavy atom. The number of hydrogen-bond acceptors (Lipinski definition) is 3. The Labute approximate surface area is 118 Å². The van der Waals surface area contributed by atoms with Crippen molar-refractivity contribution >= 4 is 11.6 Å². The summed E-state index contributed by atoms with van der Waals surface area (Å²) in [5.74, 6) is 1.55. The minimum Gasteiger partial charge on any atom is -0.497 e. The maximum Gasteiger partial charge on any atom is 0.118 e. The number of benzene rings is 1. The van der Waals surface area contributed by atoms with Crippen LogP contribution >= 0.6 is 11.6 Å². The Hall–Kier alpha value is -1.55. The van der Waals surface area contributed by atoms with E-state index in [1.165, 1.54) is 5.56 Å². The van der Waals surface area contributed by atoms with Crippen molar-refractivity contribution in [3.05, 3.63) is 41.7 Å². The van der Waals surface area contributed by atoms with Gasteiger partial charge in [0.2, 0.25) is 0 Å². The number of rotatable bonds is 7. The van der Waals surface area contributed by atoms with Gasteiger partial charge in [0, 0.05) is 18.6 Å². The lowest BCUT2D eigenvalue weighted by atomic mass is 10.1. The molecule has 0 radical (unpaired) electrons. The highest BCUT2D eigenvalue weighted by atomic mass is 35.5. The number of methoxy groups -OCH3 is 1. The number of halogens is 1. The molecule has 0 aliphatic rings. The monoisotopic (exact) mass is 279 g/mol. The van der Waals surface area contributed by atoms with E-state index in [-0.39, 0.29) is 0 Å². The van der Waals surface area contributed by atoms with Crippen LogP contribution in [0.5, 0.6) is 5.75 Å². The summed E-state index contributed by atoms with van der Waals surface area (Å²) in [5, 5.41) is 8.24. The van der Waals surface area contributed by atoms with Crippen LogP contribution in [0.2, 0.25) is 0 Å². The van der Waals surface area contributed by atoms with Crippen LogP contribution < -0.4 is 4.74 Å². The molecule has 19 heavy (non-hydrogen) atoms. The third kappa shape index (κ3) is 4.24. The Morgan fingerprint density at radius 1 is 1.21 bits per heavy atom. The average Bonchev–Trinajstić information content (AvgIpc) is 2.91. The Bertz CT molecular complexity index is 496. The van der Waals surface area contributed by atoms with Gasteiger partial charge in [-0.25, -0.2) is 0 Å². The molecule has 4 nitrogen and oxygen atoms in total. The smallest absolute Gasteiger partial charge is 0.118 e. The predicted octanol–water partition coefficient (Wildman–Crippen LogP) is 2.70. The molecule has 0 amide bonds. The quantitative estimate of drug-likeness (QED) is 0.732. The normalized spacial score (nSPS) is 10.6. The summed E-state index contributed by atoms with van der Waals surface area (Å²) in [7, 11) is 1.67. The van der Waals surface area contributed by atoms with Crippen LogP contribution in [-0.4, -0.2) is 28.0 Å². The fraction of sp³-hybridized carbons (Fsp3) is 0.429. The molecule has 5 heteroatoms. The molecule has 0 aliphatic heterocycles. The number of nitrogens with zero attached hydrogens (tertiary/aromatic N) is 3. The molecular formula is C14H18ClN3O. The largest absolute Gasteiger partial charge is 0.497 e. The molecule has 0 bridgehead atoms. The van der Waals surface area contributed by atoms with Crippen LogP contribution in [0.25, 0.3) is 0 Å². The van der Waals surface area contributed by atoms with Crippen LogP contribution in [0.15, 0.2) is 30.5 Å². The van der Waals surface area contributed by atoms with Crippen molar-refractivity contribution < 1.29 is 4.74 Å². The van der Waals surface area contributed by atoms with Crippen molar-refractivity contribution in [1.82, 2.24) is 15.0 Å². The summed E-state index contributed by atoms with van der Waals surface area (Å²) in [4.78, 5) is 0. The van der Waals surface area contributed by atoms with Crippen molar-refractivity contribution in [3.8, 4) is 5.75 Å². The number of hydrogen-bond donors (Lipinski definition) is 0. The summed E-state index contributed by atoms with van der Waals surface area (Å²) < 4.78 is 7.02. The van der Waals surface area contributed by atoms with Gasteiger partial charge < -0.3 is 4.74 Å². The van der Waals surface area contributed by atoms with Crippen molar-refractivity contribution in [1.29, 1.82) is 0 Å². The highest BCUT2D eigenvalue weighted by molar-refractivity contribution is 6.17. The lowest BCUT2D eigenvalue weighted by molar-refractivity contribution is 0.414. The van der Waals surface area contributed by atoms with Crippen molar-refractivity contribution in [2.45, 2.75) is 25.8 Å². The highest BCUT2D eigenvalue weighted by Gasteiger charge is 2.01. The molecule has 0 N–H and O–H groups in total. The Morgan fingerprint density at radius 2 is 2.00 bits per heavy atom. The maximum atomic E-state index is 5.66. The van der Waals surface area contributed by atoms with Gasteiger partial charge in [-0.05, 0) is 37.0 Å². The number of ether oxygens (including phenoxy) is 1. The molecule has 1 heterocycles. The molecule has 0 saturated heterocycles. The SMILES string of the molecule is COc1ccc(CCn2cc(CCCCl)nn2)cc1. The first-order chi connectivity index (χ1) is 9.31. The zero-order valence-corrected chi connectivity index (χ0v) is 11.8.